The van der Waals surface area contributed by atoms with Gasteiger partial charge in [0.2, 0.25) is 0 Å². The Morgan fingerprint density at radius 1 is 1.31 bits per heavy atom. The highest BCUT2D eigenvalue weighted by Gasteiger charge is 2.07. The predicted molar refractivity (Wildman–Crippen MR) is 72.2 cm³/mol. The summed E-state index contributed by atoms with van der Waals surface area (Å²) in [4.78, 5) is 0.575. The van der Waals surface area contributed by atoms with E-state index >= 15 is 0 Å². The lowest BCUT2D eigenvalue weighted by molar-refractivity contribution is 0.337. The molecule has 0 heterocycles. The summed E-state index contributed by atoms with van der Waals surface area (Å²) in [7, 11) is 0. The minimum atomic E-state index is 0.575. The molecule has 0 saturated heterocycles. The molecule has 0 fully saturated rings. The number of hydrogen-bond acceptors (Lipinski definition) is 2. The molecule has 0 bridgehead atoms. The van der Waals surface area contributed by atoms with E-state index in [0.29, 0.717) is 11.6 Å². The van der Waals surface area contributed by atoms with Gasteiger partial charge in [-0.3, -0.25) is 0 Å². The zero-order valence-corrected chi connectivity index (χ0v) is 11.0. The van der Waals surface area contributed by atoms with Crippen molar-refractivity contribution < 1.29 is 4.74 Å². The maximum Gasteiger partial charge on any atom is 0.122 e. The Kier molecular flexibility index (Phi) is 4.74. The van der Waals surface area contributed by atoms with Gasteiger partial charge in [0.25, 0.3) is 0 Å². The second kappa shape index (κ2) is 5.85. The molecule has 0 aliphatic rings. The largest absolute Gasteiger partial charge is 0.494 e. The van der Waals surface area contributed by atoms with Crippen LogP contribution in [0.5, 0.6) is 5.75 Å². The molecule has 0 unspecified atom stereocenters. The summed E-state index contributed by atoms with van der Waals surface area (Å²) in [6.45, 7) is 6.90. The van der Waals surface area contributed by atoms with Gasteiger partial charge >= 0.3 is 0 Å². The van der Waals surface area contributed by atoms with Crippen molar-refractivity contribution >= 4 is 17.2 Å². The third-order valence-corrected chi connectivity index (χ3v) is 2.99. The molecule has 0 spiro atoms. The first-order valence-corrected chi connectivity index (χ1v) is 5.97. The Hall–Kier alpha value is -1.09. The molecule has 0 aliphatic carbocycles. The average molecular weight is 237 g/mol. The van der Waals surface area contributed by atoms with Gasteiger partial charge in [-0.2, -0.15) is 0 Å². The van der Waals surface area contributed by atoms with Crippen LogP contribution in [0.2, 0.25) is 0 Å². The molecule has 0 aliphatic heterocycles. The van der Waals surface area contributed by atoms with Crippen molar-refractivity contribution in [1.29, 1.82) is 0 Å². The highest BCUT2D eigenvalue weighted by Crippen LogP contribution is 2.25. The SMILES string of the molecule is CCOc1ccc(CCC(N)=S)c(C)c1C. The van der Waals surface area contributed by atoms with Gasteiger partial charge in [-0.25, -0.2) is 0 Å². The molecule has 0 amide bonds. The summed E-state index contributed by atoms with van der Waals surface area (Å²) in [5.74, 6) is 0.971. The number of nitrogens with two attached hydrogens (primary N) is 1. The number of thiocarbonyl (C=S) groups is 1. The van der Waals surface area contributed by atoms with Crippen LogP contribution in [0.25, 0.3) is 0 Å². The number of benzene rings is 1. The molecule has 3 heteroatoms. The fourth-order valence-electron chi connectivity index (χ4n) is 1.69. The lowest BCUT2D eigenvalue weighted by Gasteiger charge is -2.13. The molecule has 2 nitrogen and oxygen atoms in total. The van der Waals surface area contributed by atoms with E-state index in [2.05, 4.69) is 19.9 Å². The zero-order chi connectivity index (χ0) is 12.1. The highest BCUT2D eigenvalue weighted by atomic mass is 32.1. The Labute approximate surface area is 103 Å². The summed E-state index contributed by atoms with van der Waals surface area (Å²) in [6.07, 6.45) is 1.68. The lowest BCUT2D eigenvalue weighted by Crippen LogP contribution is -2.09. The molecule has 1 aromatic carbocycles. The van der Waals surface area contributed by atoms with Crippen LogP contribution in [0.3, 0.4) is 0 Å². The van der Waals surface area contributed by atoms with Crippen molar-refractivity contribution in [1.82, 2.24) is 0 Å². The molecule has 0 atom stereocenters. The summed E-state index contributed by atoms with van der Waals surface area (Å²) in [5, 5.41) is 0. The summed E-state index contributed by atoms with van der Waals surface area (Å²) in [5.41, 5.74) is 9.30. The standard InChI is InChI=1S/C13H19NOS/c1-4-15-12-7-5-11(6-8-13(14)16)9(2)10(12)3/h5,7H,4,6,8H2,1-3H3,(H2,14,16). The number of aryl methyl sites for hydroxylation is 1. The van der Waals surface area contributed by atoms with Crippen LogP contribution >= 0.6 is 12.2 Å². The quantitative estimate of drug-likeness (QED) is 0.800. The van der Waals surface area contributed by atoms with E-state index in [9.17, 15) is 0 Å². The minimum Gasteiger partial charge on any atom is -0.494 e. The topological polar surface area (TPSA) is 35.2 Å². The van der Waals surface area contributed by atoms with Gasteiger partial charge in [-0.15, -0.1) is 0 Å². The Morgan fingerprint density at radius 3 is 2.56 bits per heavy atom. The molecule has 0 saturated carbocycles. The Morgan fingerprint density at radius 2 is 2.00 bits per heavy atom. The van der Waals surface area contributed by atoms with E-state index < -0.39 is 0 Å². The van der Waals surface area contributed by atoms with E-state index in [1.807, 2.05) is 13.0 Å². The van der Waals surface area contributed by atoms with E-state index in [0.717, 1.165) is 18.6 Å². The van der Waals surface area contributed by atoms with Crippen molar-refractivity contribution in [3.05, 3.63) is 28.8 Å². The first kappa shape index (κ1) is 13.0. The maximum atomic E-state index is 5.55. The van der Waals surface area contributed by atoms with Gasteiger partial charge < -0.3 is 10.5 Å². The second-order valence-electron chi connectivity index (χ2n) is 3.87. The van der Waals surface area contributed by atoms with Crippen LogP contribution in [0.15, 0.2) is 12.1 Å². The third-order valence-electron chi connectivity index (χ3n) is 2.79. The fraction of sp³-hybridized carbons (Fsp3) is 0.462. The van der Waals surface area contributed by atoms with Crippen LogP contribution in [0.4, 0.5) is 0 Å². The van der Waals surface area contributed by atoms with Crippen molar-refractivity contribution in [3.8, 4) is 5.75 Å². The normalized spacial score (nSPS) is 10.2. The number of ether oxygens (including phenoxy) is 1. The zero-order valence-electron chi connectivity index (χ0n) is 10.2. The van der Waals surface area contributed by atoms with Crippen molar-refractivity contribution in [2.75, 3.05) is 6.61 Å². The fourth-order valence-corrected chi connectivity index (χ4v) is 1.79. The predicted octanol–water partition coefficient (Wildman–Crippen LogP) is 2.92. The van der Waals surface area contributed by atoms with Crippen LogP contribution in [-0.4, -0.2) is 11.6 Å². The maximum absolute atomic E-state index is 5.55. The van der Waals surface area contributed by atoms with Gasteiger partial charge in [-0.05, 0) is 49.9 Å². The van der Waals surface area contributed by atoms with Crippen molar-refractivity contribution in [2.24, 2.45) is 5.73 Å². The monoisotopic (exact) mass is 237 g/mol. The molecule has 0 aromatic heterocycles. The van der Waals surface area contributed by atoms with Crippen molar-refractivity contribution in [3.63, 3.8) is 0 Å². The number of hydrogen-bond donors (Lipinski definition) is 1. The summed E-state index contributed by atoms with van der Waals surface area (Å²) in [6, 6.07) is 4.13. The van der Waals surface area contributed by atoms with E-state index in [1.54, 1.807) is 0 Å². The Bertz CT molecular complexity index is 388. The van der Waals surface area contributed by atoms with Gasteiger partial charge in [0.15, 0.2) is 0 Å². The second-order valence-corrected chi connectivity index (χ2v) is 4.40. The van der Waals surface area contributed by atoms with Gasteiger partial charge in [-0.1, -0.05) is 18.3 Å². The molecule has 1 rings (SSSR count). The van der Waals surface area contributed by atoms with E-state index in [1.165, 1.54) is 16.7 Å². The third kappa shape index (κ3) is 3.20. The van der Waals surface area contributed by atoms with E-state index in [-0.39, 0.29) is 0 Å². The lowest BCUT2D eigenvalue weighted by atomic mass is 9.99. The van der Waals surface area contributed by atoms with Crippen LogP contribution in [-0.2, 0) is 6.42 Å². The first-order chi connectivity index (χ1) is 7.56. The van der Waals surface area contributed by atoms with Gasteiger partial charge in [0, 0.05) is 6.42 Å². The number of rotatable bonds is 5. The highest BCUT2D eigenvalue weighted by molar-refractivity contribution is 7.80. The first-order valence-electron chi connectivity index (χ1n) is 5.56. The Balaban J connectivity index is 2.88. The summed E-state index contributed by atoms with van der Waals surface area (Å²) >= 11 is 4.89. The molecular formula is C13H19NOS. The smallest absolute Gasteiger partial charge is 0.122 e. The molecule has 16 heavy (non-hydrogen) atoms. The van der Waals surface area contributed by atoms with Crippen LogP contribution in [0, 0.1) is 13.8 Å². The summed E-state index contributed by atoms with van der Waals surface area (Å²) < 4.78 is 5.55. The molecule has 0 radical (unpaired) electrons. The van der Waals surface area contributed by atoms with E-state index in [4.69, 9.17) is 22.7 Å². The van der Waals surface area contributed by atoms with Crippen LogP contribution < -0.4 is 10.5 Å². The average Bonchev–Trinajstić information content (AvgIpc) is 2.24. The van der Waals surface area contributed by atoms with Crippen molar-refractivity contribution in [2.45, 2.75) is 33.6 Å². The van der Waals surface area contributed by atoms with Crippen LogP contribution in [0.1, 0.15) is 30.0 Å². The van der Waals surface area contributed by atoms with Gasteiger partial charge in [0.1, 0.15) is 5.75 Å². The molecule has 1 aromatic rings. The minimum absolute atomic E-state index is 0.575. The molecule has 88 valence electrons. The van der Waals surface area contributed by atoms with Gasteiger partial charge in [0.05, 0.1) is 11.6 Å². The molecule has 2 N–H and O–H groups in total. The molecular weight excluding hydrogens is 218 g/mol.